The second-order valence-electron chi connectivity index (χ2n) is 5.05. The Kier molecular flexibility index (Phi) is 4.87. The fraction of sp³-hybridized carbons (Fsp3) is 0.312. The summed E-state index contributed by atoms with van der Waals surface area (Å²) >= 11 is 0. The van der Waals surface area contributed by atoms with Gasteiger partial charge in [-0.2, -0.15) is 0 Å². The summed E-state index contributed by atoms with van der Waals surface area (Å²) in [5, 5.41) is 2.78. The van der Waals surface area contributed by atoms with Crippen LogP contribution in [-0.2, 0) is 0 Å². The molecule has 2 aromatic rings. The third kappa shape index (κ3) is 3.78. The SMILES string of the molecule is CC[C@@H](C)CNC(=O)c1ccc(-c2ccccn2)[nH]c1=O. The summed E-state index contributed by atoms with van der Waals surface area (Å²) < 4.78 is 0. The van der Waals surface area contributed by atoms with E-state index >= 15 is 0 Å². The lowest BCUT2D eigenvalue weighted by Crippen LogP contribution is -2.32. The van der Waals surface area contributed by atoms with E-state index in [-0.39, 0.29) is 11.5 Å². The van der Waals surface area contributed by atoms with Gasteiger partial charge < -0.3 is 10.3 Å². The fourth-order valence-electron chi connectivity index (χ4n) is 1.83. The van der Waals surface area contributed by atoms with Crippen LogP contribution >= 0.6 is 0 Å². The van der Waals surface area contributed by atoms with Crippen LogP contribution in [0.3, 0.4) is 0 Å². The molecule has 0 bridgehead atoms. The maximum absolute atomic E-state index is 12.0. The van der Waals surface area contributed by atoms with E-state index in [0.717, 1.165) is 6.42 Å². The van der Waals surface area contributed by atoms with Crippen molar-refractivity contribution in [3.63, 3.8) is 0 Å². The number of rotatable bonds is 5. The van der Waals surface area contributed by atoms with Gasteiger partial charge in [0.1, 0.15) is 5.56 Å². The minimum Gasteiger partial charge on any atom is -0.352 e. The first-order valence-corrected chi connectivity index (χ1v) is 7.04. The molecule has 0 saturated carbocycles. The summed E-state index contributed by atoms with van der Waals surface area (Å²) in [5.41, 5.74) is 0.984. The van der Waals surface area contributed by atoms with E-state index in [1.54, 1.807) is 24.4 Å². The molecule has 0 fully saturated rings. The quantitative estimate of drug-likeness (QED) is 0.884. The Morgan fingerprint density at radius 3 is 2.76 bits per heavy atom. The van der Waals surface area contributed by atoms with Crippen LogP contribution in [0.25, 0.3) is 11.4 Å². The minimum absolute atomic E-state index is 0.123. The molecule has 2 heterocycles. The molecule has 1 amide bonds. The number of pyridine rings is 2. The summed E-state index contributed by atoms with van der Waals surface area (Å²) in [6, 6.07) is 8.68. The van der Waals surface area contributed by atoms with Crippen molar-refractivity contribution in [3.8, 4) is 11.4 Å². The molecule has 0 unspecified atom stereocenters. The molecule has 2 aromatic heterocycles. The number of carbonyl (C=O) groups excluding carboxylic acids is 1. The zero-order chi connectivity index (χ0) is 15.2. The predicted octanol–water partition coefficient (Wildman–Crippen LogP) is 2.21. The van der Waals surface area contributed by atoms with Gasteiger partial charge in [-0.3, -0.25) is 14.6 Å². The topological polar surface area (TPSA) is 74.8 Å². The zero-order valence-electron chi connectivity index (χ0n) is 12.2. The Bertz CT molecular complexity index is 665. The summed E-state index contributed by atoms with van der Waals surface area (Å²) in [6.07, 6.45) is 2.63. The average molecular weight is 285 g/mol. The molecule has 0 aromatic carbocycles. The van der Waals surface area contributed by atoms with Crippen LogP contribution in [-0.4, -0.2) is 22.4 Å². The summed E-state index contributed by atoms with van der Waals surface area (Å²) in [5.74, 6) is 0.0462. The number of aromatic amines is 1. The predicted molar refractivity (Wildman–Crippen MR) is 82.1 cm³/mol. The maximum atomic E-state index is 12.0. The number of H-pyrrole nitrogens is 1. The first-order chi connectivity index (χ1) is 10.1. The highest BCUT2D eigenvalue weighted by atomic mass is 16.2. The van der Waals surface area contributed by atoms with E-state index in [0.29, 0.717) is 23.9 Å². The number of hydrogen-bond acceptors (Lipinski definition) is 3. The Hall–Kier alpha value is -2.43. The third-order valence-electron chi connectivity index (χ3n) is 3.40. The van der Waals surface area contributed by atoms with Crippen molar-refractivity contribution >= 4 is 5.91 Å². The van der Waals surface area contributed by atoms with Gasteiger partial charge in [0.25, 0.3) is 11.5 Å². The first-order valence-electron chi connectivity index (χ1n) is 7.04. The van der Waals surface area contributed by atoms with Crippen LogP contribution in [0.2, 0.25) is 0 Å². The van der Waals surface area contributed by atoms with Crippen molar-refractivity contribution in [3.05, 3.63) is 52.4 Å². The normalized spacial score (nSPS) is 11.9. The van der Waals surface area contributed by atoms with Gasteiger partial charge in [-0.15, -0.1) is 0 Å². The molecular formula is C16H19N3O2. The average Bonchev–Trinajstić information content (AvgIpc) is 2.53. The van der Waals surface area contributed by atoms with Gasteiger partial charge in [0.15, 0.2) is 0 Å². The molecule has 110 valence electrons. The van der Waals surface area contributed by atoms with Gasteiger partial charge >= 0.3 is 0 Å². The number of carbonyl (C=O) groups is 1. The van der Waals surface area contributed by atoms with E-state index in [9.17, 15) is 9.59 Å². The van der Waals surface area contributed by atoms with E-state index in [1.807, 2.05) is 6.07 Å². The standard InChI is InChI=1S/C16H19N3O2/c1-3-11(2)10-18-15(20)12-7-8-14(19-16(12)21)13-6-4-5-9-17-13/h4-9,11H,3,10H2,1-2H3,(H,18,20)(H,19,21)/t11-/m1/s1. The first kappa shape index (κ1) is 15.0. The molecule has 21 heavy (non-hydrogen) atoms. The molecule has 5 nitrogen and oxygen atoms in total. The minimum atomic E-state index is -0.403. The lowest BCUT2D eigenvalue weighted by atomic mass is 10.1. The number of nitrogens with zero attached hydrogens (tertiary/aromatic N) is 1. The molecule has 0 aliphatic carbocycles. The van der Waals surface area contributed by atoms with Crippen LogP contribution in [0, 0.1) is 5.92 Å². The highest BCUT2D eigenvalue weighted by Gasteiger charge is 2.12. The van der Waals surface area contributed by atoms with Gasteiger partial charge in [-0.05, 0) is 30.2 Å². The fourth-order valence-corrected chi connectivity index (χ4v) is 1.83. The Morgan fingerprint density at radius 2 is 2.14 bits per heavy atom. The van der Waals surface area contributed by atoms with Crippen molar-refractivity contribution in [1.82, 2.24) is 15.3 Å². The Labute approximate surface area is 123 Å². The Balaban J connectivity index is 2.16. The third-order valence-corrected chi connectivity index (χ3v) is 3.40. The largest absolute Gasteiger partial charge is 0.352 e. The van der Waals surface area contributed by atoms with Gasteiger partial charge in [0.05, 0.1) is 11.4 Å². The summed E-state index contributed by atoms with van der Waals surface area (Å²) in [6.45, 7) is 4.68. The van der Waals surface area contributed by atoms with Gasteiger partial charge in [0.2, 0.25) is 0 Å². The summed E-state index contributed by atoms with van der Waals surface area (Å²) in [4.78, 5) is 30.9. The molecule has 0 saturated heterocycles. The van der Waals surface area contributed by atoms with Crippen LogP contribution in [0.15, 0.2) is 41.3 Å². The highest BCUT2D eigenvalue weighted by molar-refractivity contribution is 5.94. The molecule has 0 aliphatic rings. The second kappa shape index (κ2) is 6.83. The molecule has 0 radical (unpaired) electrons. The van der Waals surface area contributed by atoms with Crippen molar-refractivity contribution in [2.75, 3.05) is 6.54 Å². The Morgan fingerprint density at radius 1 is 1.33 bits per heavy atom. The van der Waals surface area contributed by atoms with Crippen molar-refractivity contribution < 1.29 is 4.79 Å². The van der Waals surface area contributed by atoms with Gasteiger partial charge in [-0.1, -0.05) is 26.3 Å². The van der Waals surface area contributed by atoms with Crippen molar-refractivity contribution in [2.24, 2.45) is 5.92 Å². The maximum Gasteiger partial charge on any atom is 0.261 e. The second-order valence-corrected chi connectivity index (χ2v) is 5.05. The van der Waals surface area contributed by atoms with E-state index in [2.05, 4.69) is 29.1 Å². The molecule has 0 aliphatic heterocycles. The van der Waals surface area contributed by atoms with Crippen LogP contribution < -0.4 is 10.9 Å². The highest BCUT2D eigenvalue weighted by Crippen LogP contribution is 2.11. The van der Waals surface area contributed by atoms with Gasteiger partial charge in [0, 0.05) is 12.7 Å². The lowest BCUT2D eigenvalue weighted by molar-refractivity contribution is 0.0946. The number of aromatic nitrogens is 2. The van der Waals surface area contributed by atoms with E-state index in [4.69, 9.17) is 0 Å². The zero-order valence-corrected chi connectivity index (χ0v) is 12.2. The smallest absolute Gasteiger partial charge is 0.261 e. The van der Waals surface area contributed by atoms with Crippen molar-refractivity contribution in [1.29, 1.82) is 0 Å². The molecular weight excluding hydrogens is 266 g/mol. The van der Waals surface area contributed by atoms with E-state index in [1.165, 1.54) is 6.07 Å². The number of amides is 1. The lowest BCUT2D eigenvalue weighted by Gasteiger charge is -2.10. The van der Waals surface area contributed by atoms with Crippen molar-refractivity contribution in [2.45, 2.75) is 20.3 Å². The molecule has 5 heteroatoms. The monoisotopic (exact) mass is 285 g/mol. The van der Waals surface area contributed by atoms with Crippen LogP contribution in [0.4, 0.5) is 0 Å². The van der Waals surface area contributed by atoms with Gasteiger partial charge in [-0.25, -0.2) is 0 Å². The van der Waals surface area contributed by atoms with Crippen LogP contribution in [0.5, 0.6) is 0 Å². The van der Waals surface area contributed by atoms with Crippen LogP contribution in [0.1, 0.15) is 30.6 Å². The summed E-state index contributed by atoms with van der Waals surface area (Å²) in [7, 11) is 0. The van der Waals surface area contributed by atoms with E-state index < -0.39 is 5.56 Å². The molecule has 0 spiro atoms. The number of nitrogens with one attached hydrogen (secondary N) is 2. The molecule has 2 rings (SSSR count). The molecule has 2 N–H and O–H groups in total. The molecule has 1 atom stereocenters. The number of hydrogen-bond donors (Lipinski definition) is 2.